The summed E-state index contributed by atoms with van der Waals surface area (Å²) in [6, 6.07) is 8.72. The predicted octanol–water partition coefficient (Wildman–Crippen LogP) is 3.07. The van der Waals surface area contributed by atoms with E-state index in [1.165, 1.54) is 15.4 Å². The first-order chi connectivity index (χ1) is 12.2. The van der Waals surface area contributed by atoms with Crippen molar-refractivity contribution >= 4 is 15.9 Å². The van der Waals surface area contributed by atoms with Crippen LogP contribution in [0.5, 0.6) is 0 Å². The third-order valence-electron chi connectivity index (χ3n) is 5.51. The smallest absolute Gasteiger partial charge is 0.224 e. The molecule has 2 fully saturated rings. The molecule has 0 spiro atoms. The van der Waals surface area contributed by atoms with Crippen molar-refractivity contribution in [1.29, 1.82) is 0 Å². The molecule has 0 saturated carbocycles. The summed E-state index contributed by atoms with van der Waals surface area (Å²) in [7, 11) is -3.13. The van der Waals surface area contributed by atoms with E-state index in [1.54, 1.807) is 0 Å². The molecule has 0 aliphatic carbocycles. The molecule has 2 aliphatic rings. The van der Waals surface area contributed by atoms with E-state index < -0.39 is 10.0 Å². The van der Waals surface area contributed by atoms with Crippen molar-refractivity contribution in [2.45, 2.75) is 57.9 Å². The Hall–Kier alpha value is -1.40. The van der Waals surface area contributed by atoms with E-state index in [1.807, 2.05) is 4.90 Å². The molecule has 26 heavy (non-hydrogen) atoms. The lowest BCUT2D eigenvalue weighted by atomic mass is 9.86. The molecule has 1 aromatic rings. The zero-order valence-corrected chi connectivity index (χ0v) is 16.9. The van der Waals surface area contributed by atoms with Crippen molar-refractivity contribution in [3.8, 4) is 0 Å². The maximum Gasteiger partial charge on any atom is 0.224 e. The minimum absolute atomic E-state index is 0.0643. The topological polar surface area (TPSA) is 57.7 Å². The number of carbonyl (C=O) groups is 1. The molecule has 5 nitrogen and oxygen atoms in total. The second kappa shape index (κ2) is 7.31. The maximum atomic E-state index is 12.7. The largest absolute Gasteiger partial charge is 0.336 e. The summed E-state index contributed by atoms with van der Waals surface area (Å²) in [4.78, 5) is 14.7. The SMILES string of the molecule is CC(C)(C)c1ccc(C2CCCN2C(=O)CCN2CCCS2(=O)=O)cc1. The van der Waals surface area contributed by atoms with E-state index >= 15 is 0 Å². The fourth-order valence-electron chi connectivity index (χ4n) is 3.92. The van der Waals surface area contributed by atoms with E-state index in [0.29, 0.717) is 19.5 Å². The summed E-state index contributed by atoms with van der Waals surface area (Å²) in [5, 5.41) is 0. The lowest BCUT2D eigenvalue weighted by Gasteiger charge is -2.27. The number of benzene rings is 1. The maximum absolute atomic E-state index is 12.7. The molecule has 0 bridgehead atoms. The van der Waals surface area contributed by atoms with Crippen molar-refractivity contribution in [2.75, 3.05) is 25.4 Å². The van der Waals surface area contributed by atoms with Crippen LogP contribution in [0.3, 0.4) is 0 Å². The summed E-state index contributed by atoms with van der Waals surface area (Å²) in [5.41, 5.74) is 2.58. The molecule has 2 saturated heterocycles. The summed E-state index contributed by atoms with van der Waals surface area (Å²) in [6.45, 7) is 8.21. The number of rotatable bonds is 4. The highest BCUT2D eigenvalue weighted by Gasteiger charge is 2.32. The average molecular weight is 379 g/mol. The van der Waals surface area contributed by atoms with Gasteiger partial charge < -0.3 is 4.90 Å². The van der Waals surface area contributed by atoms with Crippen molar-refractivity contribution in [3.05, 3.63) is 35.4 Å². The van der Waals surface area contributed by atoms with Gasteiger partial charge in [0.1, 0.15) is 0 Å². The number of sulfonamides is 1. The first-order valence-electron chi connectivity index (χ1n) is 9.56. The molecule has 2 heterocycles. The molecular formula is C20H30N2O3S. The molecule has 0 N–H and O–H groups in total. The van der Waals surface area contributed by atoms with E-state index in [9.17, 15) is 13.2 Å². The fraction of sp³-hybridized carbons (Fsp3) is 0.650. The van der Waals surface area contributed by atoms with Crippen LogP contribution in [0, 0.1) is 0 Å². The van der Waals surface area contributed by atoms with Gasteiger partial charge in [-0.3, -0.25) is 4.79 Å². The van der Waals surface area contributed by atoms with Gasteiger partial charge in [0.05, 0.1) is 11.8 Å². The molecule has 0 aromatic heterocycles. The molecule has 1 unspecified atom stereocenters. The fourth-order valence-corrected chi connectivity index (χ4v) is 5.45. The van der Waals surface area contributed by atoms with Gasteiger partial charge >= 0.3 is 0 Å². The molecule has 2 aliphatic heterocycles. The van der Waals surface area contributed by atoms with Crippen LogP contribution in [-0.4, -0.2) is 48.9 Å². The molecule has 1 aromatic carbocycles. The van der Waals surface area contributed by atoms with Gasteiger partial charge in [0, 0.05) is 26.1 Å². The van der Waals surface area contributed by atoms with Gasteiger partial charge in [-0.25, -0.2) is 12.7 Å². The van der Waals surface area contributed by atoms with Crippen molar-refractivity contribution < 1.29 is 13.2 Å². The Morgan fingerprint density at radius 1 is 1.12 bits per heavy atom. The molecule has 1 amide bonds. The first-order valence-corrected chi connectivity index (χ1v) is 11.2. The lowest BCUT2D eigenvalue weighted by molar-refractivity contribution is -0.132. The summed E-state index contributed by atoms with van der Waals surface area (Å²) in [5.74, 6) is 0.280. The number of hydrogen-bond acceptors (Lipinski definition) is 3. The number of hydrogen-bond donors (Lipinski definition) is 0. The van der Waals surface area contributed by atoms with Gasteiger partial charge in [0.2, 0.25) is 15.9 Å². The highest BCUT2D eigenvalue weighted by atomic mass is 32.2. The third-order valence-corrected chi connectivity index (χ3v) is 7.47. The highest BCUT2D eigenvalue weighted by Crippen LogP contribution is 2.34. The van der Waals surface area contributed by atoms with Gasteiger partial charge in [-0.1, -0.05) is 45.0 Å². The third kappa shape index (κ3) is 4.12. The minimum atomic E-state index is -3.13. The lowest BCUT2D eigenvalue weighted by Crippen LogP contribution is -2.35. The van der Waals surface area contributed by atoms with Crippen LogP contribution in [0.1, 0.15) is 63.6 Å². The molecule has 1 atom stereocenters. The Bertz CT molecular complexity index is 750. The zero-order valence-electron chi connectivity index (χ0n) is 16.1. The van der Waals surface area contributed by atoms with Gasteiger partial charge in [-0.05, 0) is 35.8 Å². The predicted molar refractivity (Wildman–Crippen MR) is 103 cm³/mol. The van der Waals surface area contributed by atoms with Crippen LogP contribution >= 0.6 is 0 Å². The molecule has 6 heteroatoms. The summed E-state index contributed by atoms with van der Waals surface area (Å²) in [6.07, 6.45) is 2.92. The molecule has 3 rings (SSSR count). The normalized spacial score (nSPS) is 23.5. The van der Waals surface area contributed by atoms with Crippen LogP contribution in [-0.2, 0) is 20.2 Å². The van der Waals surface area contributed by atoms with Gasteiger partial charge in [-0.15, -0.1) is 0 Å². The minimum Gasteiger partial charge on any atom is -0.336 e. The Kier molecular flexibility index (Phi) is 5.45. The van der Waals surface area contributed by atoms with E-state index in [-0.39, 0.29) is 29.5 Å². The van der Waals surface area contributed by atoms with Crippen molar-refractivity contribution in [3.63, 3.8) is 0 Å². The van der Waals surface area contributed by atoms with Crippen molar-refractivity contribution in [1.82, 2.24) is 9.21 Å². The molecule has 0 radical (unpaired) electrons. The number of likely N-dealkylation sites (tertiary alicyclic amines) is 1. The van der Waals surface area contributed by atoms with Crippen LogP contribution in [0.25, 0.3) is 0 Å². The molecular weight excluding hydrogens is 348 g/mol. The van der Waals surface area contributed by atoms with E-state index in [2.05, 4.69) is 45.0 Å². The second-order valence-corrected chi connectivity index (χ2v) is 10.5. The quantitative estimate of drug-likeness (QED) is 0.809. The van der Waals surface area contributed by atoms with Crippen LogP contribution in [0.2, 0.25) is 0 Å². The van der Waals surface area contributed by atoms with Crippen LogP contribution < -0.4 is 0 Å². The number of nitrogens with zero attached hydrogens (tertiary/aromatic N) is 2. The zero-order chi connectivity index (χ0) is 18.9. The second-order valence-electron chi connectivity index (χ2n) is 8.44. The Morgan fingerprint density at radius 3 is 2.38 bits per heavy atom. The average Bonchev–Trinajstić information content (AvgIpc) is 3.18. The van der Waals surface area contributed by atoms with Gasteiger partial charge in [0.15, 0.2) is 0 Å². The monoisotopic (exact) mass is 378 g/mol. The Morgan fingerprint density at radius 2 is 1.81 bits per heavy atom. The van der Waals surface area contributed by atoms with Gasteiger partial charge in [0.25, 0.3) is 0 Å². The van der Waals surface area contributed by atoms with Crippen LogP contribution in [0.4, 0.5) is 0 Å². The Labute approximate surface area is 157 Å². The Balaban J connectivity index is 1.65. The van der Waals surface area contributed by atoms with Crippen LogP contribution in [0.15, 0.2) is 24.3 Å². The standard InChI is InChI=1S/C20H30N2O3S/c1-20(2,3)17-9-7-16(8-10-17)18-6-4-13-22(18)19(23)11-14-21-12-5-15-26(21,24)25/h7-10,18H,4-6,11-15H2,1-3H3. The highest BCUT2D eigenvalue weighted by molar-refractivity contribution is 7.89. The summed E-state index contributed by atoms with van der Waals surface area (Å²) < 4.78 is 25.3. The van der Waals surface area contributed by atoms with Gasteiger partial charge in [-0.2, -0.15) is 0 Å². The van der Waals surface area contributed by atoms with E-state index in [0.717, 1.165) is 19.4 Å². The number of carbonyl (C=O) groups excluding carboxylic acids is 1. The summed E-state index contributed by atoms with van der Waals surface area (Å²) >= 11 is 0. The first kappa shape index (κ1) is 19.4. The molecule has 144 valence electrons. The number of amides is 1. The van der Waals surface area contributed by atoms with Crippen molar-refractivity contribution in [2.24, 2.45) is 0 Å². The van der Waals surface area contributed by atoms with E-state index in [4.69, 9.17) is 0 Å².